The summed E-state index contributed by atoms with van der Waals surface area (Å²) in [5.74, 6) is -0.689. The molecule has 1 heterocycles. The Labute approximate surface area is 152 Å². The Morgan fingerprint density at radius 1 is 1.23 bits per heavy atom. The number of hydrogen-bond donors (Lipinski definition) is 2. The molecule has 8 nitrogen and oxygen atoms in total. The highest BCUT2D eigenvalue weighted by Gasteiger charge is 2.34. The van der Waals surface area contributed by atoms with E-state index in [4.69, 9.17) is 9.47 Å². The van der Waals surface area contributed by atoms with E-state index in [0.717, 1.165) is 0 Å². The van der Waals surface area contributed by atoms with E-state index in [1.165, 1.54) is 18.9 Å². The number of hydrogen-bond acceptors (Lipinski definition) is 5. The quantitative estimate of drug-likeness (QED) is 0.595. The van der Waals surface area contributed by atoms with Crippen molar-refractivity contribution in [3.63, 3.8) is 0 Å². The Morgan fingerprint density at radius 2 is 1.88 bits per heavy atom. The van der Waals surface area contributed by atoms with E-state index in [9.17, 15) is 14.4 Å². The maximum absolute atomic E-state index is 12.6. The number of rotatable bonds is 6. The third-order valence-electron chi connectivity index (χ3n) is 4.06. The van der Waals surface area contributed by atoms with E-state index in [1.807, 2.05) is 0 Å². The normalized spacial score (nSPS) is 17.0. The van der Waals surface area contributed by atoms with Gasteiger partial charge in [0.2, 0.25) is 5.91 Å². The van der Waals surface area contributed by atoms with Gasteiger partial charge in [-0.1, -0.05) is 12.1 Å². The van der Waals surface area contributed by atoms with E-state index in [1.54, 1.807) is 38.2 Å². The molecule has 0 aliphatic carbocycles. The van der Waals surface area contributed by atoms with E-state index in [0.29, 0.717) is 22.5 Å². The fourth-order valence-corrected chi connectivity index (χ4v) is 2.61. The minimum absolute atomic E-state index is 0.123. The first-order valence-electron chi connectivity index (χ1n) is 8.13. The number of methoxy groups -OCH3 is 1. The molecule has 8 heteroatoms. The van der Waals surface area contributed by atoms with Crippen molar-refractivity contribution in [1.82, 2.24) is 10.2 Å². The molecule has 0 saturated heterocycles. The number of anilines is 1. The fraction of sp³-hybridized carbons (Fsp3) is 0.389. The molecule has 1 aromatic carbocycles. The van der Waals surface area contributed by atoms with Crippen LogP contribution in [-0.4, -0.2) is 50.2 Å². The van der Waals surface area contributed by atoms with Gasteiger partial charge in [0, 0.05) is 32.5 Å². The molecule has 0 saturated carbocycles. The molecule has 0 radical (unpaired) electrons. The number of esters is 1. The molecule has 1 aromatic rings. The van der Waals surface area contributed by atoms with E-state index in [-0.39, 0.29) is 25.2 Å². The van der Waals surface area contributed by atoms with Gasteiger partial charge in [0.15, 0.2) is 0 Å². The Morgan fingerprint density at radius 3 is 2.46 bits per heavy atom. The van der Waals surface area contributed by atoms with Crippen molar-refractivity contribution in [3.8, 4) is 0 Å². The standard InChI is InChI=1S/C18H23N3O5/c1-11-15(17(23)26-10-9-25-4)16(20-18(24)21(11)3)13-5-7-14(8-6-13)19-12(2)22/h5-8,16H,9-10H2,1-4H3,(H,19,22)(H,20,24). The largest absolute Gasteiger partial charge is 0.460 e. The second kappa shape index (κ2) is 8.48. The first kappa shape index (κ1) is 19.5. The summed E-state index contributed by atoms with van der Waals surface area (Å²) in [6, 6.07) is 5.97. The molecule has 3 amide bonds. The number of nitrogens with one attached hydrogen (secondary N) is 2. The maximum Gasteiger partial charge on any atom is 0.338 e. The molecule has 1 aliphatic rings. The molecule has 0 spiro atoms. The van der Waals surface area contributed by atoms with Crippen molar-refractivity contribution in [1.29, 1.82) is 0 Å². The molecular weight excluding hydrogens is 338 g/mol. The Balaban J connectivity index is 2.32. The summed E-state index contributed by atoms with van der Waals surface area (Å²) in [5, 5.41) is 5.48. The molecule has 140 valence electrons. The smallest absolute Gasteiger partial charge is 0.338 e. The molecule has 2 rings (SSSR count). The van der Waals surface area contributed by atoms with Gasteiger partial charge in [0.25, 0.3) is 0 Å². The van der Waals surface area contributed by atoms with Gasteiger partial charge in [-0.15, -0.1) is 0 Å². The number of urea groups is 1. The molecule has 26 heavy (non-hydrogen) atoms. The maximum atomic E-state index is 12.6. The van der Waals surface area contributed by atoms with E-state index >= 15 is 0 Å². The minimum atomic E-state index is -0.639. The summed E-state index contributed by atoms with van der Waals surface area (Å²) in [5.41, 5.74) is 2.21. The summed E-state index contributed by atoms with van der Waals surface area (Å²) >= 11 is 0. The Bertz CT molecular complexity index is 727. The van der Waals surface area contributed by atoms with Gasteiger partial charge in [0.1, 0.15) is 6.61 Å². The lowest BCUT2D eigenvalue weighted by molar-refractivity contribution is -0.140. The van der Waals surface area contributed by atoms with E-state index < -0.39 is 12.0 Å². The van der Waals surface area contributed by atoms with Crippen LogP contribution in [0.4, 0.5) is 10.5 Å². The van der Waals surface area contributed by atoms with Crippen LogP contribution in [0.25, 0.3) is 0 Å². The van der Waals surface area contributed by atoms with Gasteiger partial charge in [0.05, 0.1) is 18.2 Å². The highest BCUT2D eigenvalue weighted by Crippen LogP contribution is 2.31. The van der Waals surface area contributed by atoms with Crippen molar-refractivity contribution < 1.29 is 23.9 Å². The monoisotopic (exact) mass is 361 g/mol. The van der Waals surface area contributed by atoms with E-state index in [2.05, 4.69) is 10.6 Å². The van der Waals surface area contributed by atoms with Crippen LogP contribution in [0, 0.1) is 0 Å². The number of nitrogens with zero attached hydrogens (tertiary/aromatic N) is 1. The molecular formula is C18H23N3O5. The molecule has 0 bridgehead atoms. The topological polar surface area (TPSA) is 97.0 Å². The van der Waals surface area contributed by atoms with Gasteiger partial charge < -0.3 is 25.0 Å². The van der Waals surface area contributed by atoms with Crippen LogP contribution in [0.3, 0.4) is 0 Å². The number of ether oxygens (including phenoxy) is 2. The third kappa shape index (κ3) is 4.40. The van der Waals surface area contributed by atoms with Gasteiger partial charge in [-0.2, -0.15) is 0 Å². The second-order valence-electron chi connectivity index (χ2n) is 5.87. The Kier molecular flexibility index (Phi) is 6.35. The zero-order valence-corrected chi connectivity index (χ0v) is 15.3. The van der Waals surface area contributed by atoms with Crippen LogP contribution in [-0.2, 0) is 19.1 Å². The Hall–Kier alpha value is -2.87. The lowest BCUT2D eigenvalue weighted by atomic mass is 9.95. The molecule has 0 aromatic heterocycles. The van der Waals surface area contributed by atoms with Crippen LogP contribution in [0.2, 0.25) is 0 Å². The zero-order valence-electron chi connectivity index (χ0n) is 15.3. The number of carbonyl (C=O) groups excluding carboxylic acids is 3. The van der Waals surface area contributed by atoms with Gasteiger partial charge >= 0.3 is 12.0 Å². The highest BCUT2D eigenvalue weighted by molar-refractivity contribution is 5.95. The summed E-state index contributed by atoms with van der Waals surface area (Å²) < 4.78 is 10.1. The number of carbonyl (C=O) groups is 3. The van der Waals surface area contributed by atoms with Gasteiger partial charge in [-0.25, -0.2) is 9.59 Å². The molecule has 0 fully saturated rings. The first-order chi connectivity index (χ1) is 12.3. The number of benzene rings is 1. The summed E-state index contributed by atoms with van der Waals surface area (Å²) in [4.78, 5) is 37.2. The summed E-state index contributed by atoms with van der Waals surface area (Å²) in [6.45, 7) is 3.53. The van der Waals surface area contributed by atoms with Crippen molar-refractivity contribution in [3.05, 3.63) is 41.1 Å². The van der Waals surface area contributed by atoms with Crippen molar-refractivity contribution in [2.24, 2.45) is 0 Å². The van der Waals surface area contributed by atoms with Crippen molar-refractivity contribution in [2.45, 2.75) is 19.9 Å². The van der Waals surface area contributed by atoms with Crippen LogP contribution in [0.1, 0.15) is 25.5 Å². The SMILES string of the molecule is COCCOC(=O)C1=C(C)N(C)C(=O)NC1c1ccc(NC(C)=O)cc1. The lowest BCUT2D eigenvalue weighted by Gasteiger charge is -2.33. The molecule has 1 aliphatic heterocycles. The number of allylic oxidation sites excluding steroid dienone is 1. The van der Waals surface area contributed by atoms with Crippen LogP contribution in [0.15, 0.2) is 35.5 Å². The first-order valence-corrected chi connectivity index (χ1v) is 8.13. The van der Waals surface area contributed by atoms with Crippen LogP contribution < -0.4 is 10.6 Å². The number of amides is 3. The molecule has 1 unspecified atom stereocenters. The van der Waals surface area contributed by atoms with Crippen LogP contribution in [0.5, 0.6) is 0 Å². The average Bonchev–Trinajstić information content (AvgIpc) is 2.59. The highest BCUT2D eigenvalue weighted by atomic mass is 16.6. The summed E-state index contributed by atoms with van der Waals surface area (Å²) in [7, 11) is 3.11. The summed E-state index contributed by atoms with van der Waals surface area (Å²) in [6.07, 6.45) is 0. The molecule has 1 atom stereocenters. The molecule has 2 N–H and O–H groups in total. The van der Waals surface area contributed by atoms with Gasteiger partial charge in [-0.3, -0.25) is 4.79 Å². The fourth-order valence-electron chi connectivity index (χ4n) is 2.61. The minimum Gasteiger partial charge on any atom is -0.460 e. The van der Waals surface area contributed by atoms with Crippen LogP contribution >= 0.6 is 0 Å². The lowest BCUT2D eigenvalue weighted by Crippen LogP contribution is -2.46. The predicted molar refractivity (Wildman–Crippen MR) is 95.3 cm³/mol. The average molecular weight is 361 g/mol. The zero-order chi connectivity index (χ0) is 19.3. The van der Waals surface area contributed by atoms with Crippen molar-refractivity contribution >= 4 is 23.6 Å². The van der Waals surface area contributed by atoms with Gasteiger partial charge in [-0.05, 0) is 24.6 Å². The predicted octanol–water partition coefficient (Wildman–Crippen LogP) is 1.80. The second-order valence-corrected chi connectivity index (χ2v) is 5.87. The third-order valence-corrected chi connectivity index (χ3v) is 4.06. The van der Waals surface area contributed by atoms with Crippen molar-refractivity contribution in [2.75, 3.05) is 32.7 Å².